The Labute approximate surface area is 109 Å². The third-order valence-corrected chi connectivity index (χ3v) is 2.51. The zero-order chi connectivity index (χ0) is 13.1. The summed E-state index contributed by atoms with van der Waals surface area (Å²) in [6.45, 7) is 1.73. The second-order valence-corrected chi connectivity index (χ2v) is 4.23. The number of aryl methyl sites for hydroxylation is 1. The van der Waals surface area contributed by atoms with Crippen LogP contribution in [0.25, 0.3) is 0 Å². The summed E-state index contributed by atoms with van der Waals surface area (Å²) in [5.41, 5.74) is 1.46. The molecule has 18 heavy (non-hydrogen) atoms. The van der Waals surface area contributed by atoms with Crippen molar-refractivity contribution in [1.29, 1.82) is 0 Å². The molecule has 0 aliphatic rings. The van der Waals surface area contributed by atoms with Crippen LogP contribution in [0.15, 0.2) is 36.5 Å². The highest BCUT2D eigenvalue weighted by Gasteiger charge is 2.08. The van der Waals surface area contributed by atoms with Gasteiger partial charge in [-0.25, -0.2) is 9.37 Å². The Hall–Kier alpha value is -1.94. The minimum absolute atomic E-state index is 0.266. The molecule has 0 unspecified atom stereocenters. The minimum Gasteiger partial charge on any atom is -0.321 e. The highest BCUT2D eigenvalue weighted by atomic mass is 35.5. The summed E-state index contributed by atoms with van der Waals surface area (Å²) < 4.78 is 13.2. The van der Waals surface area contributed by atoms with Crippen molar-refractivity contribution in [2.24, 2.45) is 0 Å². The number of carbonyl (C=O) groups is 1. The maximum absolute atomic E-state index is 13.2. The van der Waals surface area contributed by atoms with Gasteiger partial charge in [-0.15, -0.1) is 0 Å². The van der Waals surface area contributed by atoms with Gasteiger partial charge >= 0.3 is 0 Å². The number of anilines is 1. The number of halogens is 2. The smallest absolute Gasteiger partial charge is 0.255 e. The summed E-state index contributed by atoms with van der Waals surface area (Å²) >= 11 is 5.63. The molecule has 0 atom stereocenters. The third-order valence-electron chi connectivity index (χ3n) is 2.29. The second-order valence-electron chi connectivity index (χ2n) is 3.84. The molecule has 1 aromatic carbocycles. The van der Waals surface area contributed by atoms with Crippen molar-refractivity contribution in [3.05, 3.63) is 58.6 Å². The monoisotopic (exact) mass is 264 g/mol. The van der Waals surface area contributed by atoms with Gasteiger partial charge in [0.1, 0.15) is 11.0 Å². The molecule has 0 aliphatic heterocycles. The highest BCUT2D eigenvalue weighted by molar-refractivity contribution is 6.29. The number of carbonyl (C=O) groups excluding carboxylic acids is 1. The molecule has 1 aromatic heterocycles. The van der Waals surface area contributed by atoms with E-state index in [0.29, 0.717) is 16.4 Å². The first-order chi connectivity index (χ1) is 8.54. The molecule has 0 aliphatic carbocycles. The largest absolute Gasteiger partial charge is 0.321 e. The number of nitrogens with one attached hydrogen (secondary N) is 1. The number of benzene rings is 1. The first-order valence-corrected chi connectivity index (χ1v) is 5.62. The zero-order valence-corrected chi connectivity index (χ0v) is 10.3. The van der Waals surface area contributed by atoms with Gasteiger partial charge in [-0.3, -0.25) is 4.79 Å². The summed E-state index contributed by atoms with van der Waals surface area (Å²) in [6, 6.07) is 7.35. The van der Waals surface area contributed by atoms with E-state index < -0.39 is 5.82 Å². The maximum atomic E-state index is 13.2. The van der Waals surface area contributed by atoms with Gasteiger partial charge in [-0.2, -0.15) is 0 Å². The van der Waals surface area contributed by atoms with E-state index in [1.165, 1.54) is 18.3 Å². The maximum Gasteiger partial charge on any atom is 0.255 e. The Kier molecular flexibility index (Phi) is 3.58. The van der Waals surface area contributed by atoms with Crippen LogP contribution in [0, 0.1) is 12.7 Å². The third kappa shape index (κ3) is 3.05. The Morgan fingerprint density at radius 2 is 2.11 bits per heavy atom. The first kappa shape index (κ1) is 12.5. The van der Waals surface area contributed by atoms with Crippen molar-refractivity contribution in [1.82, 2.24) is 4.98 Å². The molecule has 1 N–H and O–H groups in total. The van der Waals surface area contributed by atoms with Gasteiger partial charge in [-0.05, 0) is 42.8 Å². The Balaban J connectivity index is 2.19. The molecule has 0 saturated carbocycles. The van der Waals surface area contributed by atoms with E-state index >= 15 is 0 Å². The van der Waals surface area contributed by atoms with Gasteiger partial charge in [0, 0.05) is 5.56 Å². The Bertz CT molecular complexity index is 564. The van der Waals surface area contributed by atoms with Crippen LogP contribution >= 0.6 is 11.6 Å². The average molecular weight is 265 g/mol. The molecule has 0 fully saturated rings. The van der Waals surface area contributed by atoms with E-state index in [4.69, 9.17) is 11.6 Å². The number of nitrogens with zero attached hydrogens (tertiary/aromatic N) is 1. The first-order valence-electron chi connectivity index (χ1n) is 5.25. The topological polar surface area (TPSA) is 42.0 Å². The fourth-order valence-corrected chi connectivity index (χ4v) is 1.63. The zero-order valence-electron chi connectivity index (χ0n) is 9.58. The second kappa shape index (κ2) is 5.14. The molecular weight excluding hydrogens is 255 g/mol. The van der Waals surface area contributed by atoms with Crippen molar-refractivity contribution < 1.29 is 9.18 Å². The normalized spacial score (nSPS) is 10.2. The lowest BCUT2D eigenvalue weighted by molar-refractivity contribution is 0.102. The lowest BCUT2D eigenvalue weighted by Gasteiger charge is -2.05. The van der Waals surface area contributed by atoms with E-state index in [9.17, 15) is 9.18 Å². The van der Waals surface area contributed by atoms with Crippen LogP contribution in [0.1, 0.15) is 15.9 Å². The Morgan fingerprint density at radius 1 is 1.33 bits per heavy atom. The summed E-state index contributed by atoms with van der Waals surface area (Å²) in [5.74, 6) is -0.823. The molecule has 92 valence electrons. The number of rotatable bonds is 2. The molecule has 0 bridgehead atoms. The number of hydrogen-bond donors (Lipinski definition) is 1. The van der Waals surface area contributed by atoms with Crippen molar-refractivity contribution in [3.8, 4) is 0 Å². The van der Waals surface area contributed by atoms with Crippen LogP contribution in [0.3, 0.4) is 0 Å². The van der Waals surface area contributed by atoms with Crippen LogP contribution in [0.4, 0.5) is 10.1 Å². The van der Waals surface area contributed by atoms with Gasteiger partial charge in [0.15, 0.2) is 0 Å². The lowest BCUT2D eigenvalue weighted by Crippen LogP contribution is -2.12. The molecular formula is C13H10ClFN2O. The molecule has 1 heterocycles. The number of pyridine rings is 1. The van der Waals surface area contributed by atoms with Crippen LogP contribution in [-0.4, -0.2) is 10.9 Å². The SMILES string of the molecule is Cc1cc(F)cc(C(=O)Nc2ccc(Cl)nc2)c1. The van der Waals surface area contributed by atoms with E-state index in [1.807, 2.05) is 0 Å². The van der Waals surface area contributed by atoms with E-state index in [2.05, 4.69) is 10.3 Å². The number of hydrogen-bond acceptors (Lipinski definition) is 2. The van der Waals surface area contributed by atoms with Crippen molar-refractivity contribution in [2.75, 3.05) is 5.32 Å². The average Bonchev–Trinajstić information content (AvgIpc) is 2.31. The fraction of sp³-hybridized carbons (Fsp3) is 0.0769. The van der Waals surface area contributed by atoms with Crippen LogP contribution in [0.5, 0.6) is 0 Å². The van der Waals surface area contributed by atoms with Crippen molar-refractivity contribution in [3.63, 3.8) is 0 Å². The summed E-state index contributed by atoms with van der Waals surface area (Å²) in [7, 11) is 0. The predicted molar refractivity (Wildman–Crippen MR) is 68.3 cm³/mol. The molecule has 2 rings (SSSR count). The molecule has 3 nitrogen and oxygen atoms in total. The van der Waals surface area contributed by atoms with Crippen LogP contribution < -0.4 is 5.32 Å². The molecule has 5 heteroatoms. The summed E-state index contributed by atoms with van der Waals surface area (Å²) in [6.07, 6.45) is 1.44. The molecule has 1 amide bonds. The number of aromatic nitrogens is 1. The molecule has 2 aromatic rings. The number of amides is 1. The van der Waals surface area contributed by atoms with Crippen LogP contribution in [-0.2, 0) is 0 Å². The van der Waals surface area contributed by atoms with Gasteiger partial charge in [-0.1, -0.05) is 11.6 Å². The van der Waals surface area contributed by atoms with E-state index in [0.717, 1.165) is 0 Å². The summed E-state index contributed by atoms with van der Waals surface area (Å²) in [5, 5.41) is 2.96. The van der Waals surface area contributed by atoms with Crippen molar-refractivity contribution in [2.45, 2.75) is 6.92 Å². The highest BCUT2D eigenvalue weighted by Crippen LogP contribution is 2.13. The summed E-state index contributed by atoms with van der Waals surface area (Å²) in [4.78, 5) is 15.7. The molecule has 0 spiro atoms. The predicted octanol–water partition coefficient (Wildman–Crippen LogP) is 3.43. The van der Waals surface area contributed by atoms with Gasteiger partial charge < -0.3 is 5.32 Å². The van der Waals surface area contributed by atoms with Crippen LogP contribution in [0.2, 0.25) is 5.15 Å². The lowest BCUT2D eigenvalue weighted by atomic mass is 10.1. The van der Waals surface area contributed by atoms with E-state index in [-0.39, 0.29) is 11.5 Å². The van der Waals surface area contributed by atoms with Gasteiger partial charge in [0.05, 0.1) is 11.9 Å². The fourth-order valence-electron chi connectivity index (χ4n) is 1.52. The quantitative estimate of drug-likeness (QED) is 0.845. The Morgan fingerprint density at radius 3 is 2.72 bits per heavy atom. The van der Waals surface area contributed by atoms with E-state index in [1.54, 1.807) is 25.1 Å². The molecule has 0 saturated heterocycles. The molecule has 0 radical (unpaired) electrons. The minimum atomic E-state index is -0.436. The van der Waals surface area contributed by atoms with Gasteiger partial charge in [0.25, 0.3) is 5.91 Å². The standard InChI is InChI=1S/C13H10ClFN2O/c1-8-4-9(6-10(15)5-8)13(18)17-11-2-3-12(14)16-7-11/h2-7H,1H3,(H,17,18). The van der Waals surface area contributed by atoms with Crippen molar-refractivity contribution >= 4 is 23.2 Å². The van der Waals surface area contributed by atoms with Gasteiger partial charge in [0.2, 0.25) is 0 Å².